The molecule has 0 aromatic heterocycles. The molecular weight excluding hydrogens is 391 g/mol. The Kier molecular flexibility index (Phi) is 25.4. The van der Waals surface area contributed by atoms with Crippen LogP contribution in [0, 0.1) is 0 Å². The fraction of sp³-hybridized carbons (Fsp3) is 1.00. The van der Waals surface area contributed by atoms with Gasteiger partial charge in [0.15, 0.2) is 0 Å². The second-order valence-corrected chi connectivity index (χ2v) is 15.1. The van der Waals surface area contributed by atoms with Crippen molar-refractivity contribution in [1.29, 1.82) is 0 Å². The molecule has 31 heavy (non-hydrogen) atoms. The van der Waals surface area contributed by atoms with Crippen LogP contribution in [0.15, 0.2) is 0 Å². The summed E-state index contributed by atoms with van der Waals surface area (Å²) in [4.78, 5) is 0. The van der Waals surface area contributed by atoms with Gasteiger partial charge in [-0.1, -0.05) is 137 Å². The molecule has 0 aliphatic rings. The quantitative estimate of drug-likeness (QED) is 0.0898. The van der Waals surface area contributed by atoms with E-state index >= 15 is 0 Å². The molecule has 0 saturated carbocycles. The van der Waals surface area contributed by atoms with Crippen LogP contribution in [0.3, 0.4) is 0 Å². The highest BCUT2D eigenvalue weighted by atomic mass is 31.2. The summed E-state index contributed by atoms with van der Waals surface area (Å²) in [7, 11) is -0.634. The maximum Gasteiger partial charge on any atom is 0.0594 e. The van der Waals surface area contributed by atoms with Crippen molar-refractivity contribution in [2.75, 3.05) is 24.6 Å². The Hall–Kier alpha value is 0.430. The van der Waals surface area contributed by atoms with Crippen molar-refractivity contribution < 1.29 is 0 Å². The summed E-state index contributed by atoms with van der Waals surface area (Å²) < 4.78 is 0. The Labute approximate surface area is 200 Å². The maximum atomic E-state index is 2.39. The van der Waals surface area contributed by atoms with E-state index in [4.69, 9.17) is 0 Å². The molecule has 0 atom stereocenters. The summed E-state index contributed by atoms with van der Waals surface area (Å²) in [5.74, 6) is 0. The number of rotatable bonds is 26. The Bertz CT molecular complexity index is 303. The van der Waals surface area contributed by atoms with Crippen molar-refractivity contribution in [3.05, 3.63) is 0 Å². The second-order valence-electron chi connectivity index (χ2n) is 10.6. The van der Waals surface area contributed by atoms with Gasteiger partial charge in [-0.2, -0.15) is 0 Å². The van der Waals surface area contributed by atoms with Gasteiger partial charge in [0.05, 0.1) is 24.6 Å². The lowest BCUT2D eigenvalue weighted by Crippen LogP contribution is -2.13. The first-order valence-electron chi connectivity index (χ1n) is 15.1. The van der Waals surface area contributed by atoms with Crippen LogP contribution in [0.5, 0.6) is 0 Å². The Balaban J connectivity index is 3.71. The highest BCUT2D eigenvalue weighted by molar-refractivity contribution is 7.75. The van der Waals surface area contributed by atoms with E-state index in [-0.39, 0.29) is 0 Å². The van der Waals surface area contributed by atoms with Crippen LogP contribution in [0.25, 0.3) is 0 Å². The van der Waals surface area contributed by atoms with E-state index in [9.17, 15) is 0 Å². The van der Waals surface area contributed by atoms with Crippen LogP contribution in [0.1, 0.15) is 169 Å². The zero-order valence-electron chi connectivity index (χ0n) is 22.8. The van der Waals surface area contributed by atoms with Gasteiger partial charge < -0.3 is 0 Å². The third-order valence-corrected chi connectivity index (χ3v) is 12.5. The second kappa shape index (κ2) is 25.1. The molecule has 0 amide bonds. The zero-order chi connectivity index (χ0) is 22.9. The lowest BCUT2D eigenvalue weighted by molar-refractivity contribution is 0.531. The zero-order valence-corrected chi connectivity index (χ0v) is 23.7. The van der Waals surface area contributed by atoms with Gasteiger partial charge in [0.1, 0.15) is 0 Å². The Morgan fingerprint density at radius 2 is 0.484 bits per heavy atom. The minimum Gasteiger partial charge on any atom is -0.0654 e. The molecule has 0 nitrogen and oxygen atoms in total. The molecule has 0 bridgehead atoms. The van der Waals surface area contributed by atoms with Crippen LogP contribution in [-0.4, -0.2) is 24.6 Å². The van der Waals surface area contributed by atoms with Gasteiger partial charge in [-0.15, -0.1) is 0 Å². The molecule has 1 heteroatoms. The van der Waals surface area contributed by atoms with Crippen LogP contribution in [0.4, 0.5) is 0 Å². The third kappa shape index (κ3) is 20.7. The van der Waals surface area contributed by atoms with Gasteiger partial charge in [0.25, 0.3) is 0 Å². The molecule has 0 rings (SSSR count). The van der Waals surface area contributed by atoms with Gasteiger partial charge in [0, 0.05) is 7.26 Å². The van der Waals surface area contributed by atoms with Crippen LogP contribution in [-0.2, 0) is 0 Å². The first kappa shape index (κ1) is 31.4. The average molecular weight is 456 g/mol. The molecule has 0 aromatic rings. The largest absolute Gasteiger partial charge is 0.0654 e. The molecule has 0 aliphatic heterocycles. The highest BCUT2D eigenvalue weighted by Crippen LogP contribution is 2.61. The predicted molar refractivity (Wildman–Crippen MR) is 151 cm³/mol. The van der Waals surface area contributed by atoms with Crippen molar-refractivity contribution in [1.82, 2.24) is 0 Å². The highest BCUT2D eigenvalue weighted by Gasteiger charge is 2.34. The molecule has 0 spiro atoms. The molecule has 0 N–H and O–H groups in total. The first-order valence-corrected chi connectivity index (χ1v) is 17.6. The standard InChI is InChI=1S/C30H64P/c1-5-9-13-14-15-16-17-18-19-20-21-22-23-24-25-26-30-31(27-10-6-2,28-11-7-3)29-12-8-4/h5-30H2,1-4H3/q+1. The summed E-state index contributed by atoms with van der Waals surface area (Å²) in [5.41, 5.74) is 0. The molecule has 0 heterocycles. The van der Waals surface area contributed by atoms with Crippen molar-refractivity contribution in [3.8, 4) is 0 Å². The van der Waals surface area contributed by atoms with Gasteiger partial charge in [-0.25, -0.2) is 0 Å². The van der Waals surface area contributed by atoms with E-state index in [1.54, 1.807) is 31.1 Å². The minimum atomic E-state index is -0.634. The Morgan fingerprint density at radius 1 is 0.258 bits per heavy atom. The van der Waals surface area contributed by atoms with Crippen LogP contribution in [0.2, 0.25) is 0 Å². The molecule has 0 aromatic carbocycles. The van der Waals surface area contributed by atoms with E-state index in [1.165, 1.54) is 135 Å². The maximum absolute atomic E-state index is 2.39. The van der Waals surface area contributed by atoms with E-state index in [2.05, 4.69) is 27.7 Å². The first-order chi connectivity index (χ1) is 15.2. The predicted octanol–water partition coefficient (Wildman–Crippen LogP) is 11.7. The summed E-state index contributed by atoms with van der Waals surface area (Å²) in [6.45, 7) is 9.48. The molecule has 0 aliphatic carbocycles. The summed E-state index contributed by atoms with van der Waals surface area (Å²) in [5, 5.41) is 0. The minimum absolute atomic E-state index is 0.634. The average Bonchev–Trinajstić information content (AvgIpc) is 2.79. The number of hydrogen-bond donors (Lipinski definition) is 0. The molecule has 188 valence electrons. The van der Waals surface area contributed by atoms with Crippen LogP contribution < -0.4 is 0 Å². The molecule has 0 radical (unpaired) electrons. The van der Waals surface area contributed by atoms with Gasteiger partial charge in [0.2, 0.25) is 0 Å². The molecule has 0 fully saturated rings. The summed E-state index contributed by atoms with van der Waals surface area (Å²) in [6.07, 6.45) is 39.0. The fourth-order valence-corrected chi connectivity index (χ4v) is 10.3. The summed E-state index contributed by atoms with van der Waals surface area (Å²) >= 11 is 0. The fourth-order valence-electron chi connectivity index (χ4n) is 5.15. The van der Waals surface area contributed by atoms with E-state index < -0.39 is 7.26 Å². The molecule has 0 saturated heterocycles. The van der Waals surface area contributed by atoms with Gasteiger partial charge in [-0.3, -0.25) is 0 Å². The SMILES string of the molecule is CCCCCCCCCCCCCCCCCC[P+](CCCC)(CCCC)CCCC. The monoisotopic (exact) mass is 455 g/mol. The van der Waals surface area contributed by atoms with Crippen molar-refractivity contribution in [3.63, 3.8) is 0 Å². The van der Waals surface area contributed by atoms with E-state index in [1.807, 2.05) is 0 Å². The van der Waals surface area contributed by atoms with Crippen LogP contribution >= 0.6 is 7.26 Å². The van der Waals surface area contributed by atoms with Crippen molar-refractivity contribution >= 4 is 7.26 Å². The Morgan fingerprint density at radius 3 is 0.774 bits per heavy atom. The van der Waals surface area contributed by atoms with E-state index in [0.717, 1.165) is 0 Å². The summed E-state index contributed by atoms with van der Waals surface area (Å²) in [6, 6.07) is 0. The van der Waals surface area contributed by atoms with Crippen molar-refractivity contribution in [2.24, 2.45) is 0 Å². The lowest BCUT2D eigenvalue weighted by Gasteiger charge is -2.28. The number of unbranched alkanes of at least 4 members (excludes halogenated alkanes) is 18. The topological polar surface area (TPSA) is 0 Å². The van der Waals surface area contributed by atoms with Gasteiger partial charge in [-0.05, 0) is 32.1 Å². The third-order valence-electron chi connectivity index (χ3n) is 7.44. The molecule has 0 unspecified atom stereocenters. The number of hydrogen-bond acceptors (Lipinski definition) is 0. The smallest absolute Gasteiger partial charge is 0.0594 e. The van der Waals surface area contributed by atoms with Crippen molar-refractivity contribution in [2.45, 2.75) is 169 Å². The van der Waals surface area contributed by atoms with Gasteiger partial charge >= 0.3 is 0 Å². The molecular formula is C30H64P+. The van der Waals surface area contributed by atoms with E-state index in [0.29, 0.717) is 0 Å². The normalized spacial score (nSPS) is 12.0. The lowest BCUT2D eigenvalue weighted by atomic mass is 10.0.